The van der Waals surface area contributed by atoms with Gasteiger partial charge < -0.3 is 9.84 Å². The molecule has 0 amide bonds. The molecule has 120 valence electrons. The number of halogens is 1. The number of aliphatic hydroxyl groups is 1. The molecule has 1 aromatic heterocycles. The summed E-state index contributed by atoms with van der Waals surface area (Å²) in [6.07, 6.45) is -0.515. The molecule has 1 atom stereocenters. The number of aliphatic hydroxyl groups excluding tert-OH is 1. The van der Waals surface area contributed by atoms with Gasteiger partial charge in [-0.3, -0.25) is 0 Å². The van der Waals surface area contributed by atoms with E-state index in [2.05, 4.69) is 11.1 Å². The maximum atomic E-state index is 10.0. The van der Waals surface area contributed by atoms with Gasteiger partial charge in [-0.1, -0.05) is 47.6 Å². The summed E-state index contributed by atoms with van der Waals surface area (Å²) in [5.74, 6) is 0.570. The SMILES string of the molecule is O[C@@H](COCc1ccc(Cl)cc1)CSc1nc2ccccc2s1. The van der Waals surface area contributed by atoms with Crippen molar-refractivity contribution in [3.63, 3.8) is 0 Å². The lowest BCUT2D eigenvalue weighted by atomic mass is 10.2. The van der Waals surface area contributed by atoms with E-state index in [1.165, 1.54) is 4.70 Å². The van der Waals surface area contributed by atoms with E-state index in [1.54, 1.807) is 23.1 Å². The Hall–Kier alpha value is -1.11. The van der Waals surface area contributed by atoms with Crippen LogP contribution in [0.2, 0.25) is 5.02 Å². The summed E-state index contributed by atoms with van der Waals surface area (Å²) in [7, 11) is 0. The Bertz CT molecular complexity index is 728. The van der Waals surface area contributed by atoms with Crippen LogP contribution in [0.4, 0.5) is 0 Å². The molecule has 0 radical (unpaired) electrons. The van der Waals surface area contributed by atoms with Gasteiger partial charge in [0.05, 0.1) is 29.5 Å². The van der Waals surface area contributed by atoms with E-state index < -0.39 is 6.10 Å². The van der Waals surface area contributed by atoms with Crippen LogP contribution in [0.15, 0.2) is 52.9 Å². The number of hydrogen-bond donors (Lipinski definition) is 1. The Kier molecular flexibility index (Phi) is 5.91. The van der Waals surface area contributed by atoms with E-state index in [4.69, 9.17) is 16.3 Å². The van der Waals surface area contributed by atoms with Gasteiger partial charge in [-0.2, -0.15) is 0 Å². The highest BCUT2D eigenvalue weighted by atomic mass is 35.5. The van der Waals surface area contributed by atoms with Crippen molar-refractivity contribution in [3.8, 4) is 0 Å². The van der Waals surface area contributed by atoms with Crippen LogP contribution in [0.3, 0.4) is 0 Å². The van der Waals surface area contributed by atoms with Crippen LogP contribution in [0, 0.1) is 0 Å². The van der Waals surface area contributed by atoms with E-state index in [1.807, 2.05) is 42.5 Å². The lowest BCUT2D eigenvalue weighted by Gasteiger charge is -2.10. The van der Waals surface area contributed by atoms with Gasteiger partial charge >= 0.3 is 0 Å². The highest BCUT2D eigenvalue weighted by Crippen LogP contribution is 2.29. The van der Waals surface area contributed by atoms with E-state index in [-0.39, 0.29) is 0 Å². The first-order chi connectivity index (χ1) is 11.2. The minimum absolute atomic E-state index is 0.306. The van der Waals surface area contributed by atoms with Crippen LogP contribution < -0.4 is 0 Å². The van der Waals surface area contributed by atoms with E-state index in [0.717, 1.165) is 15.4 Å². The molecule has 2 aromatic carbocycles. The van der Waals surface area contributed by atoms with Gasteiger partial charge in [-0.15, -0.1) is 11.3 Å². The molecule has 0 unspecified atom stereocenters. The normalized spacial score (nSPS) is 12.6. The third-order valence-electron chi connectivity index (χ3n) is 3.17. The summed E-state index contributed by atoms with van der Waals surface area (Å²) in [5.41, 5.74) is 2.05. The van der Waals surface area contributed by atoms with Crippen LogP contribution in [0.1, 0.15) is 5.56 Å². The Morgan fingerprint density at radius 1 is 1.17 bits per heavy atom. The van der Waals surface area contributed by atoms with Crippen molar-refractivity contribution in [2.75, 3.05) is 12.4 Å². The lowest BCUT2D eigenvalue weighted by Crippen LogP contribution is -2.17. The van der Waals surface area contributed by atoms with Crippen molar-refractivity contribution in [2.45, 2.75) is 17.1 Å². The minimum Gasteiger partial charge on any atom is -0.390 e. The van der Waals surface area contributed by atoms with Crippen LogP contribution in [0.5, 0.6) is 0 Å². The van der Waals surface area contributed by atoms with Crippen LogP contribution >= 0.6 is 34.7 Å². The molecule has 1 N–H and O–H groups in total. The highest BCUT2D eigenvalue weighted by molar-refractivity contribution is 8.01. The van der Waals surface area contributed by atoms with Crippen molar-refractivity contribution in [2.24, 2.45) is 0 Å². The zero-order valence-electron chi connectivity index (χ0n) is 12.3. The molecule has 3 nitrogen and oxygen atoms in total. The molecule has 0 bridgehead atoms. The highest BCUT2D eigenvalue weighted by Gasteiger charge is 2.09. The van der Waals surface area contributed by atoms with Crippen molar-refractivity contribution < 1.29 is 9.84 Å². The Labute approximate surface area is 148 Å². The molecular weight excluding hydrogens is 350 g/mol. The van der Waals surface area contributed by atoms with Gasteiger partial charge in [-0.05, 0) is 29.8 Å². The quantitative estimate of drug-likeness (QED) is 0.620. The number of benzene rings is 2. The second kappa shape index (κ2) is 8.13. The van der Waals surface area contributed by atoms with E-state index >= 15 is 0 Å². The standard InChI is InChI=1S/C17H16ClNO2S2/c18-13-7-5-12(6-8-13)9-21-10-14(20)11-22-17-19-15-3-1-2-4-16(15)23-17/h1-8,14,20H,9-11H2/t14-/m0/s1. The summed E-state index contributed by atoms with van der Waals surface area (Å²) in [6.45, 7) is 0.778. The fraction of sp³-hybridized carbons (Fsp3) is 0.235. The van der Waals surface area contributed by atoms with Crippen molar-refractivity contribution in [1.29, 1.82) is 0 Å². The summed E-state index contributed by atoms with van der Waals surface area (Å²) < 4.78 is 7.69. The number of thioether (sulfide) groups is 1. The lowest BCUT2D eigenvalue weighted by molar-refractivity contribution is 0.0398. The zero-order valence-corrected chi connectivity index (χ0v) is 14.7. The second-order valence-corrected chi connectivity index (χ2v) is 7.79. The average Bonchev–Trinajstić information content (AvgIpc) is 2.98. The monoisotopic (exact) mass is 365 g/mol. The Morgan fingerprint density at radius 2 is 1.96 bits per heavy atom. The summed E-state index contributed by atoms with van der Waals surface area (Å²) in [5, 5.41) is 10.7. The van der Waals surface area contributed by atoms with Gasteiger partial charge in [0.15, 0.2) is 4.34 Å². The molecule has 23 heavy (non-hydrogen) atoms. The average molecular weight is 366 g/mol. The van der Waals surface area contributed by atoms with Crippen molar-refractivity contribution >= 4 is 44.9 Å². The number of ether oxygens (including phenoxy) is 1. The van der Waals surface area contributed by atoms with E-state index in [0.29, 0.717) is 24.0 Å². The van der Waals surface area contributed by atoms with Crippen LogP contribution in [-0.4, -0.2) is 28.6 Å². The summed E-state index contributed by atoms with van der Waals surface area (Å²) in [6, 6.07) is 15.6. The first kappa shape index (κ1) is 16.7. The molecule has 1 heterocycles. The van der Waals surface area contributed by atoms with Crippen molar-refractivity contribution in [3.05, 3.63) is 59.1 Å². The molecule has 3 aromatic rings. The fourth-order valence-electron chi connectivity index (χ4n) is 2.02. The maximum absolute atomic E-state index is 10.0. The number of para-hydroxylation sites is 1. The molecule has 0 saturated carbocycles. The molecule has 0 aliphatic heterocycles. The van der Waals surface area contributed by atoms with Gasteiger partial charge in [0.25, 0.3) is 0 Å². The van der Waals surface area contributed by atoms with E-state index in [9.17, 15) is 5.11 Å². The number of hydrogen-bond acceptors (Lipinski definition) is 5. The molecule has 3 rings (SSSR count). The minimum atomic E-state index is -0.515. The first-order valence-corrected chi connectivity index (χ1v) is 9.37. The second-order valence-electron chi connectivity index (χ2n) is 5.05. The molecule has 0 fully saturated rings. The molecular formula is C17H16ClNO2S2. The van der Waals surface area contributed by atoms with Crippen molar-refractivity contribution in [1.82, 2.24) is 4.98 Å². The smallest absolute Gasteiger partial charge is 0.151 e. The first-order valence-electron chi connectivity index (χ1n) is 7.19. The largest absolute Gasteiger partial charge is 0.390 e. The third-order valence-corrected chi connectivity index (χ3v) is 5.74. The Balaban J connectivity index is 1.42. The van der Waals surface area contributed by atoms with Gasteiger partial charge in [0.1, 0.15) is 0 Å². The number of thiazole rings is 1. The van der Waals surface area contributed by atoms with Gasteiger partial charge in [-0.25, -0.2) is 4.98 Å². The van der Waals surface area contributed by atoms with Crippen LogP contribution in [-0.2, 0) is 11.3 Å². The Morgan fingerprint density at radius 3 is 2.74 bits per heavy atom. The van der Waals surface area contributed by atoms with Crippen LogP contribution in [0.25, 0.3) is 10.2 Å². The molecule has 6 heteroatoms. The number of rotatable bonds is 7. The predicted molar refractivity (Wildman–Crippen MR) is 97.5 cm³/mol. The number of fused-ring (bicyclic) bond motifs is 1. The molecule has 0 saturated heterocycles. The molecule has 0 aliphatic carbocycles. The molecule has 0 spiro atoms. The number of aromatic nitrogens is 1. The zero-order chi connectivity index (χ0) is 16.1. The fourth-order valence-corrected chi connectivity index (χ4v) is 4.15. The summed E-state index contributed by atoms with van der Waals surface area (Å²) >= 11 is 9.05. The predicted octanol–water partition coefficient (Wildman–Crippen LogP) is 4.62. The summed E-state index contributed by atoms with van der Waals surface area (Å²) in [4.78, 5) is 4.54. The molecule has 0 aliphatic rings. The third kappa shape index (κ3) is 4.93. The topological polar surface area (TPSA) is 42.4 Å². The van der Waals surface area contributed by atoms with Gasteiger partial charge in [0, 0.05) is 10.8 Å². The maximum Gasteiger partial charge on any atom is 0.151 e. The number of nitrogens with zero attached hydrogens (tertiary/aromatic N) is 1. The van der Waals surface area contributed by atoms with Gasteiger partial charge in [0.2, 0.25) is 0 Å².